The summed E-state index contributed by atoms with van der Waals surface area (Å²) in [4.78, 5) is 28.7. The molecule has 6 heteroatoms. The van der Waals surface area contributed by atoms with Crippen LogP contribution in [0.25, 0.3) is 32.8 Å². The lowest BCUT2D eigenvalue weighted by atomic mass is 9.98. The van der Waals surface area contributed by atoms with Crippen LogP contribution < -0.4 is 10.9 Å². The Labute approximate surface area is 196 Å². The zero-order chi connectivity index (χ0) is 24.0. The summed E-state index contributed by atoms with van der Waals surface area (Å²) in [5, 5.41) is 6.14. The third kappa shape index (κ3) is 3.79. The molecule has 3 heterocycles. The van der Waals surface area contributed by atoms with Crippen molar-refractivity contribution in [3.8, 4) is 0 Å². The van der Waals surface area contributed by atoms with Crippen molar-refractivity contribution in [2.75, 3.05) is 0 Å². The molecular weight excluding hydrogens is 428 g/mol. The van der Waals surface area contributed by atoms with Gasteiger partial charge in [0.15, 0.2) is 0 Å². The van der Waals surface area contributed by atoms with Crippen LogP contribution >= 0.6 is 0 Å². The lowest BCUT2D eigenvalue weighted by molar-refractivity contribution is -0.121. The minimum atomic E-state index is -0.393. The SMILES string of the molecule is Cc1coc2c(C)c3oc(=O)c(CCC(=O)N[C@@H](C)Cc4c[nH]c5ccccc45)c(C)c3cc12. The fraction of sp³-hybridized carbons (Fsp3) is 0.286. The van der Waals surface area contributed by atoms with Gasteiger partial charge in [-0.2, -0.15) is 0 Å². The summed E-state index contributed by atoms with van der Waals surface area (Å²) >= 11 is 0. The van der Waals surface area contributed by atoms with Gasteiger partial charge in [-0.15, -0.1) is 0 Å². The highest BCUT2D eigenvalue weighted by atomic mass is 16.4. The van der Waals surface area contributed by atoms with Gasteiger partial charge in [-0.3, -0.25) is 4.79 Å². The molecule has 34 heavy (non-hydrogen) atoms. The highest BCUT2D eigenvalue weighted by Crippen LogP contribution is 2.32. The maximum absolute atomic E-state index is 12.8. The molecule has 0 aliphatic heterocycles. The van der Waals surface area contributed by atoms with E-state index in [4.69, 9.17) is 8.83 Å². The topological polar surface area (TPSA) is 88.2 Å². The van der Waals surface area contributed by atoms with Gasteiger partial charge < -0.3 is 19.1 Å². The molecule has 1 amide bonds. The number of nitrogens with one attached hydrogen (secondary N) is 2. The van der Waals surface area contributed by atoms with Crippen molar-refractivity contribution in [1.82, 2.24) is 10.3 Å². The largest absolute Gasteiger partial charge is 0.464 e. The number of aromatic nitrogens is 1. The first kappa shape index (κ1) is 22.0. The Kier molecular flexibility index (Phi) is 5.52. The molecule has 0 unspecified atom stereocenters. The summed E-state index contributed by atoms with van der Waals surface area (Å²) < 4.78 is 11.4. The Balaban J connectivity index is 1.32. The number of rotatable bonds is 6. The molecule has 0 aliphatic carbocycles. The molecule has 174 valence electrons. The molecule has 2 aromatic carbocycles. The zero-order valence-electron chi connectivity index (χ0n) is 19.9. The van der Waals surface area contributed by atoms with Gasteiger partial charge in [0, 0.05) is 51.5 Å². The monoisotopic (exact) mass is 456 g/mol. The minimum Gasteiger partial charge on any atom is -0.464 e. The van der Waals surface area contributed by atoms with E-state index in [1.807, 2.05) is 58.2 Å². The van der Waals surface area contributed by atoms with E-state index in [1.165, 1.54) is 10.9 Å². The third-order valence-corrected chi connectivity index (χ3v) is 6.75. The number of fused-ring (bicyclic) bond motifs is 3. The van der Waals surface area contributed by atoms with Crippen LogP contribution in [-0.2, 0) is 17.6 Å². The third-order valence-electron chi connectivity index (χ3n) is 6.75. The van der Waals surface area contributed by atoms with E-state index in [0.29, 0.717) is 17.6 Å². The van der Waals surface area contributed by atoms with Gasteiger partial charge in [0.2, 0.25) is 5.91 Å². The van der Waals surface area contributed by atoms with Crippen molar-refractivity contribution in [2.45, 2.75) is 53.0 Å². The van der Waals surface area contributed by atoms with E-state index in [1.54, 1.807) is 6.26 Å². The number of hydrogen-bond donors (Lipinski definition) is 2. The van der Waals surface area contributed by atoms with Crippen molar-refractivity contribution in [1.29, 1.82) is 0 Å². The number of hydrogen-bond acceptors (Lipinski definition) is 4. The first-order valence-corrected chi connectivity index (χ1v) is 11.6. The second-order valence-electron chi connectivity index (χ2n) is 9.20. The number of aryl methyl sites for hydroxylation is 3. The number of H-pyrrole nitrogens is 1. The first-order valence-electron chi connectivity index (χ1n) is 11.6. The van der Waals surface area contributed by atoms with Crippen LogP contribution in [0.1, 0.15) is 41.2 Å². The van der Waals surface area contributed by atoms with Crippen LogP contribution in [0.15, 0.2) is 56.4 Å². The van der Waals surface area contributed by atoms with Gasteiger partial charge >= 0.3 is 5.63 Å². The van der Waals surface area contributed by atoms with E-state index in [9.17, 15) is 9.59 Å². The van der Waals surface area contributed by atoms with Crippen LogP contribution in [0, 0.1) is 20.8 Å². The molecule has 3 aromatic heterocycles. The fourth-order valence-electron chi connectivity index (χ4n) is 4.87. The highest BCUT2D eigenvalue weighted by molar-refractivity contribution is 5.99. The standard InChI is InChI=1S/C28H28N2O4/c1-15-14-33-26-18(4)27-23(12-22(15)26)17(3)20(28(32)34-27)9-10-25(31)30-16(2)11-19-13-29-24-8-6-5-7-21(19)24/h5-8,12-14,16,29H,9-11H2,1-4H3,(H,30,31)/t16-/m0/s1. The Bertz CT molecular complexity index is 1600. The van der Waals surface area contributed by atoms with E-state index in [2.05, 4.69) is 16.4 Å². The summed E-state index contributed by atoms with van der Waals surface area (Å²) in [5.74, 6) is -0.0800. The van der Waals surface area contributed by atoms with Gasteiger partial charge in [0.05, 0.1) is 6.26 Å². The zero-order valence-corrected chi connectivity index (χ0v) is 19.9. The Hall–Kier alpha value is -3.80. The summed E-state index contributed by atoms with van der Waals surface area (Å²) in [6.45, 7) is 7.82. The molecule has 5 rings (SSSR count). The first-order chi connectivity index (χ1) is 16.3. The fourth-order valence-corrected chi connectivity index (χ4v) is 4.87. The summed E-state index contributed by atoms with van der Waals surface area (Å²) in [5.41, 5.74) is 6.41. The smallest absolute Gasteiger partial charge is 0.339 e. The molecular formula is C28H28N2O4. The molecule has 0 aliphatic rings. The molecule has 2 N–H and O–H groups in total. The van der Waals surface area contributed by atoms with E-state index in [-0.39, 0.29) is 18.4 Å². The molecule has 0 bridgehead atoms. The van der Waals surface area contributed by atoms with Gasteiger partial charge in [-0.05, 0) is 69.4 Å². The molecule has 0 saturated heterocycles. The Morgan fingerprint density at radius 1 is 1.06 bits per heavy atom. The summed E-state index contributed by atoms with van der Waals surface area (Å²) in [6.07, 6.45) is 5.00. The predicted molar refractivity (Wildman–Crippen MR) is 134 cm³/mol. The van der Waals surface area contributed by atoms with E-state index in [0.717, 1.165) is 45.0 Å². The average Bonchev–Trinajstić information content (AvgIpc) is 3.38. The van der Waals surface area contributed by atoms with Crippen molar-refractivity contribution < 1.29 is 13.6 Å². The average molecular weight is 457 g/mol. The number of para-hydroxylation sites is 1. The van der Waals surface area contributed by atoms with Gasteiger partial charge in [-0.1, -0.05) is 18.2 Å². The highest BCUT2D eigenvalue weighted by Gasteiger charge is 2.18. The molecule has 6 nitrogen and oxygen atoms in total. The van der Waals surface area contributed by atoms with E-state index < -0.39 is 5.63 Å². The lowest BCUT2D eigenvalue weighted by Gasteiger charge is -2.14. The van der Waals surface area contributed by atoms with Gasteiger partial charge in [0.1, 0.15) is 11.2 Å². The number of aromatic amines is 1. The maximum atomic E-state index is 12.8. The van der Waals surface area contributed by atoms with Crippen LogP contribution in [0.5, 0.6) is 0 Å². The lowest BCUT2D eigenvalue weighted by Crippen LogP contribution is -2.34. The van der Waals surface area contributed by atoms with Crippen LogP contribution in [-0.4, -0.2) is 16.9 Å². The molecule has 1 atom stereocenters. The molecule has 5 aromatic rings. The molecule has 0 saturated carbocycles. The predicted octanol–water partition coefficient (Wildman–Crippen LogP) is 5.63. The van der Waals surface area contributed by atoms with Crippen LogP contribution in [0.4, 0.5) is 0 Å². The van der Waals surface area contributed by atoms with Gasteiger partial charge in [0.25, 0.3) is 0 Å². The second-order valence-corrected chi connectivity index (χ2v) is 9.20. The van der Waals surface area contributed by atoms with Crippen LogP contribution in [0.3, 0.4) is 0 Å². The Morgan fingerprint density at radius 2 is 1.85 bits per heavy atom. The molecule has 0 fully saturated rings. The number of benzene rings is 2. The summed E-state index contributed by atoms with van der Waals surface area (Å²) in [6, 6.07) is 10.1. The van der Waals surface area contributed by atoms with Crippen molar-refractivity contribution in [3.05, 3.63) is 81.0 Å². The van der Waals surface area contributed by atoms with Crippen molar-refractivity contribution >= 4 is 38.7 Å². The Morgan fingerprint density at radius 3 is 2.68 bits per heavy atom. The van der Waals surface area contributed by atoms with Crippen LogP contribution in [0.2, 0.25) is 0 Å². The number of furan rings is 1. The van der Waals surface area contributed by atoms with E-state index >= 15 is 0 Å². The van der Waals surface area contributed by atoms with Crippen molar-refractivity contribution in [2.24, 2.45) is 0 Å². The normalized spacial score (nSPS) is 12.6. The number of carbonyl (C=O) groups excluding carboxylic acids is 1. The molecule has 0 radical (unpaired) electrons. The molecule has 0 spiro atoms. The number of carbonyl (C=O) groups is 1. The maximum Gasteiger partial charge on any atom is 0.339 e. The minimum absolute atomic E-state index is 0.0270. The summed E-state index contributed by atoms with van der Waals surface area (Å²) in [7, 11) is 0. The van der Waals surface area contributed by atoms with Gasteiger partial charge in [-0.25, -0.2) is 4.79 Å². The quantitative estimate of drug-likeness (QED) is 0.324. The van der Waals surface area contributed by atoms with Crippen molar-refractivity contribution in [3.63, 3.8) is 0 Å². The second kappa shape index (κ2) is 8.52. The number of amides is 1.